The van der Waals surface area contributed by atoms with Gasteiger partial charge in [0.25, 0.3) is 0 Å². The zero-order chi connectivity index (χ0) is 47.3. The predicted molar refractivity (Wildman–Crippen MR) is 234 cm³/mol. The molecule has 0 spiro atoms. The Morgan fingerprint density at radius 3 is 1.94 bits per heavy atom. The number of aliphatic imine (C=N–C) groups is 1. The number of nitrogens with zero attached hydrogens (tertiary/aromatic N) is 4. The largest absolute Gasteiger partial charge is 0.370 e. The minimum Gasteiger partial charge on any atom is -0.370 e. The van der Waals surface area contributed by atoms with Gasteiger partial charge in [0.2, 0.25) is 47.3 Å². The first kappa shape index (κ1) is 51.8. The number of carbonyl (C=O) groups is 8. The number of aromatic nitrogens is 4. The summed E-state index contributed by atoms with van der Waals surface area (Å²) in [6, 6.07) is -7.83. The first-order chi connectivity index (χ1) is 30.4. The normalized spacial score (nSPS) is 16.7. The summed E-state index contributed by atoms with van der Waals surface area (Å²) in [7, 11) is 0. The van der Waals surface area contributed by atoms with Gasteiger partial charge in [0, 0.05) is 56.6 Å². The number of rotatable bonds is 27. The third kappa shape index (κ3) is 16.6. The Bertz CT molecular complexity index is 1890. The number of carbonyl (C=O) groups excluding carboxylic acids is 8. The topological polar surface area (TPSA) is 386 Å². The first-order valence-corrected chi connectivity index (χ1v) is 21.5. The lowest BCUT2D eigenvalue weighted by Crippen LogP contribution is -2.60. The molecule has 0 aromatic carbocycles. The van der Waals surface area contributed by atoms with E-state index in [1.165, 1.54) is 43.8 Å². The fourth-order valence-electron chi connectivity index (χ4n) is 7.10. The quantitative estimate of drug-likeness (QED) is 0.0236. The van der Waals surface area contributed by atoms with Gasteiger partial charge in [-0.05, 0) is 64.3 Å². The standard InChI is InChI=1S/C40H66N16O8/c1-5-22(2)32(38(63)52-27(33(42)58)10-6-7-13-41)55-35(60)28(11-8-14-47-40(43)44)53-34(59)23(3)50-36(61)29(16-25-18-45-20-48-25)54-37(62)31-12-9-15-56(31)39(64)30(51-24(4)57)17-26-19-46-21-49-26/h18-23,27-32H,5-17,41H2,1-4H3,(H2,42,58)(H,45,48)(H,46,49)(H,50,61)(H,51,57)(H,52,63)(H,53,59)(H,54,62)(H,55,60)(H4,43,44,47)/t22-,23-,27-,28-,29-,30-,31-,32-/m0/s1. The molecule has 2 aromatic rings. The van der Waals surface area contributed by atoms with Crippen LogP contribution in [0.4, 0.5) is 0 Å². The Morgan fingerprint density at radius 1 is 0.766 bits per heavy atom. The molecule has 3 heterocycles. The van der Waals surface area contributed by atoms with Gasteiger partial charge in [-0.3, -0.25) is 43.3 Å². The molecule has 16 N–H and O–H groups in total. The Morgan fingerprint density at radius 2 is 1.38 bits per heavy atom. The molecule has 354 valence electrons. The molecule has 0 unspecified atom stereocenters. The van der Waals surface area contributed by atoms with Gasteiger partial charge in [0.05, 0.1) is 12.7 Å². The molecular weight excluding hydrogens is 833 g/mol. The molecule has 24 nitrogen and oxygen atoms in total. The highest BCUT2D eigenvalue weighted by Crippen LogP contribution is 2.20. The summed E-state index contributed by atoms with van der Waals surface area (Å²) in [5, 5.41) is 16.0. The van der Waals surface area contributed by atoms with E-state index in [0.717, 1.165) is 0 Å². The van der Waals surface area contributed by atoms with E-state index in [0.29, 0.717) is 50.0 Å². The molecule has 1 saturated heterocycles. The number of H-pyrrole nitrogens is 2. The Balaban J connectivity index is 1.78. The average molecular weight is 899 g/mol. The minimum atomic E-state index is -1.26. The maximum Gasteiger partial charge on any atom is 0.246 e. The Labute approximate surface area is 371 Å². The van der Waals surface area contributed by atoms with E-state index in [9.17, 15) is 38.4 Å². The minimum absolute atomic E-state index is 0.0205. The number of amides is 8. The Kier molecular flexibility index (Phi) is 21.1. The first-order valence-electron chi connectivity index (χ1n) is 21.5. The molecule has 8 amide bonds. The molecule has 64 heavy (non-hydrogen) atoms. The number of nitrogens with one attached hydrogen (secondary N) is 8. The molecule has 3 rings (SSSR count). The molecule has 1 aliphatic heterocycles. The van der Waals surface area contributed by atoms with E-state index >= 15 is 0 Å². The molecule has 0 aliphatic carbocycles. The van der Waals surface area contributed by atoms with Crippen molar-refractivity contribution in [3.05, 3.63) is 36.4 Å². The monoisotopic (exact) mass is 899 g/mol. The van der Waals surface area contributed by atoms with Gasteiger partial charge in [0.15, 0.2) is 5.96 Å². The fraction of sp³-hybridized carbons (Fsp3) is 0.625. The predicted octanol–water partition coefficient (Wildman–Crippen LogP) is -3.43. The second kappa shape index (κ2) is 26.1. The van der Waals surface area contributed by atoms with Crippen molar-refractivity contribution in [3.63, 3.8) is 0 Å². The van der Waals surface area contributed by atoms with Crippen LogP contribution in [0.15, 0.2) is 30.0 Å². The van der Waals surface area contributed by atoms with Crippen LogP contribution < -0.4 is 54.8 Å². The second-order valence-corrected chi connectivity index (χ2v) is 15.9. The van der Waals surface area contributed by atoms with Crippen LogP contribution in [0.2, 0.25) is 0 Å². The Hall–Kier alpha value is -6.59. The molecule has 0 radical (unpaired) electrons. The number of aromatic amines is 2. The van der Waals surface area contributed by atoms with Crippen LogP contribution in [-0.4, -0.2) is 140 Å². The number of imidazole rings is 2. The highest BCUT2D eigenvalue weighted by Gasteiger charge is 2.39. The summed E-state index contributed by atoms with van der Waals surface area (Å²) in [6.45, 7) is 6.98. The summed E-state index contributed by atoms with van der Waals surface area (Å²) in [4.78, 5) is 126. The molecule has 0 bridgehead atoms. The number of hydrogen-bond acceptors (Lipinski definition) is 12. The van der Waals surface area contributed by atoms with E-state index in [1.54, 1.807) is 6.92 Å². The van der Waals surface area contributed by atoms with Gasteiger partial charge < -0.3 is 69.7 Å². The summed E-state index contributed by atoms with van der Waals surface area (Å²) >= 11 is 0. The van der Waals surface area contributed by atoms with Gasteiger partial charge in [-0.25, -0.2) is 9.97 Å². The molecule has 8 atom stereocenters. The van der Waals surface area contributed by atoms with Gasteiger partial charge in [-0.2, -0.15) is 0 Å². The van der Waals surface area contributed by atoms with Crippen molar-refractivity contribution in [2.75, 3.05) is 19.6 Å². The van der Waals surface area contributed by atoms with Crippen molar-refractivity contribution in [1.82, 2.24) is 56.7 Å². The van der Waals surface area contributed by atoms with Crippen LogP contribution in [0.25, 0.3) is 0 Å². The second-order valence-electron chi connectivity index (χ2n) is 15.9. The van der Waals surface area contributed by atoms with Crippen molar-refractivity contribution in [3.8, 4) is 0 Å². The van der Waals surface area contributed by atoms with Crippen molar-refractivity contribution in [2.45, 2.75) is 134 Å². The van der Waals surface area contributed by atoms with Crippen molar-refractivity contribution < 1.29 is 38.4 Å². The number of guanidine groups is 1. The number of hydrogen-bond donors (Lipinski definition) is 12. The van der Waals surface area contributed by atoms with Crippen molar-refractivity contribution >= 4 is 53.2 Å². The van der Waals surface area contributed by atoms with Crippen LogP contribution in [0.5, 0.6) is 0 Å². The zero-order valence-corrected chi connectivity index (χ0v) is 37.0. The number of primary amides is 1. The number of unbranched alkanes of at least 4 members (excludes halogenated alkanes) is 1. The van der Waals surface area contributed by atoms with Crippen LogP contribution in [0.3, 0.4) is 0 Å². The lowest BCUT2D eigenvalue weighted by atomic mass is 9.96. The van der Waals surface area contributed by atoms with Crippen molar-refractivity contribution in [1.29, 1.82) is 0 Å². The van der Waals surface area contributed by atoms with E-state index < -0.39 is 95.5 Å². The van der Waals surface area contributed by atoms with Crippen molar-refractivity contribution in [2.24, 2.45) is 33.8 Å². The summed E-state index contributed by atoms with van der Waals surface area (Å²) < 4.78 is 0. The summed E-state index contributed by atoms with van der Waals surface area (Å²) in [6.07, 6.45) is 8.78. The molecule has 1 aliphatic rings. The highest BCUT2D eigenvalue weighted by molar-refractivity contribution is 5.97. The third-order valence-corrected chi connectivity index (χ3v) is 10.8. The molecule has 2 aromatic heterocycles. The smallest absolute Gasteiger partial charge is 0.246 e. The lowest BCUT2D eigenvalue weighted by molar-refractivity contribution is -0.142. The maximum atomic E-state index is 13.9. The van der Waals surface area contributed by atoms with Gasteiger partial charge in [0.1, 0.15) is 42.3 Å². The van der Waals surface area contributed by atoms with E-state index in [1.807, 2.05) is 6.92 Å². The molecule has 1 fully saturated rings. The zero-order valence-electron chi connectivity index (χ0n) is 37.0. The van der Waals surface area contributed by atoms with Crippen LogP contribution in [-0.2, 0) is 51.2 Å². The molecule has 24 heteroatoms. The van der Waals surface area contributed by atoms with Crippen LogP contribution >= 0.6 is 0 Å². The van der Waals surface area contributed by atoms with E-state index in [4.69, 9.17) is 22.9 Å². The summed E-state index contributed by atoms with van der Waals surface area (Å²) in [5.74, 6) is -5.75. The van der Waals surface area contributed by atoms with E-state index in [-0.39, 0.29) is 51.2 Å². The highest BCUT2D eigenvalue weighted by atomic mass is 16.2. The van der Waals surface area contributed by atoms with E-state index in [2.05, 4.69) is 56.8 Å². The van der Waals surface area contributed by atoms with Gasteiger partial charge in [-0.1, -0.05) is 20.3 Å². The lowest BCUT2D eigenvalue weighted by Gasteiger charge is -2.30. The van der Waals surface area contributed by atoms with Gasteiger partial charge in [-0.15, -0.1) is 0 Å². The average Bonchev–Trinajstić information content (AvgIpc) is 4.06. The van der Waals surface area contributed by atoms with Crippen LogP contribution in [0.1, 0.15) is 90.4 Å². The number of likely N-dealkylation sites (tertiary alicyclic amines) is 1. The fourth-order valence-corrected chi connectivity index (χ4v) is 7.10. The van der Waals surface area contributed by atoms with Crippen LogP contribution in [0, 0.1) is 5.92 Å². The molecular formula is C40H66N16O8. The third-order valence-electron chi connectivity index (χ3n) is 10.8. The molecule has 0 saturated carbocycles. The SMILES string of the molecule is CC[C@H](C)[C@H](NC(=O)[C@H](CCCN=C(N)N)NC(=O)[C@H](C)NC(=O)[C@H](Cc1cnc[nH]1)NC(=O)[C@@H]1CCCN1C(=O)[C@H](Cc1cnc[nH]1)NC(C)=O)C(=O)N[C@@H](CCCCN)C(N)=O. The number of nitrogens with two attached hydrogens (primary N) is 4. The van der Waals surface area contributed by atoms with Gasteiger partial charge >= 0.3 is 0 Å². The summed E-state index contributed by atoms with van der Waals surface area (Å²) in [5.41, 5.74) is 23.2. The maximum absolute atomic E-state index is 13.9.